The summed E-state index contributed by atoms with van der Waals surface area (Å²) in [5, 5.41) is 10.9. The highest BCUT2D eigenvalue weighted by atomic mass is 19.1. The first-order chi connectivity index (χ1) is 19.7. The summed E-state index contributed by atoms with van der Waals surface area (Å²) in [6, 6.07) is 17.2. The minimum atomic E-state index is -0.604. The first-order valence-electron chi connectivity index (χ1n) is 13.0. The lowest BCUT2D eigenvalue weighted by atomic mass is 10.0. The molecule has 0 unspecified atom stereocenters. The maximum atomic E-state index is 15.2. The third-order valence-corrected chi connectivity index (χ3v) is 6.53. The lowest BCUT2D eigenvalue weighted by Crippen LogP contribution is -2.13. The smallest absolute Gasteiger partial charge is 0.261 e. The average molecular weight is 556 g/mol. The second-order valence-electron chi connectivity index (χ2n) is 9.70. The van der Waals surface area contributed by atoms with Gasteiger partial charge < -0.3 is 24.8 Å². The van der Waals surface area contributed by atoms with Crippen LogP contribution in [0.2, 0.25) is 0 Å². The van der Waals surface area contributed by atoms with E-state index in [2.05, 4.69) is 34.6 Å². The van der Waals surface area contributed by atoms with Crippen LogP contribution in [0.3, 0.4) is 0 Å². The normalized spacial score (nSPS) is 11.0. The molecule has 0 aliphatic carbocycles. The van der Waals surface area contributed by atoms with Crippen molar-refractivity contribution >= 4 is 34.0 Å². The predicted molar refractivity (Wildman–Crippen MR) is 156 cm³/mol. The second kappa shape index (κ2) is 11.5. The molecule has 0 fully saturated rings. The summed E-state index contributed by atoms with van der Waals surface area (Å²) in [6.45, 7) is 4.22. The van der Waals surface area contributed by atoms with Gasteiger partial charge in [-0.1, -0.05) is 26.0 Å². The van der Waals surface area contributed by atoms with E-state index in [1.165, 1.54) is 29.5 Å². The van der Waals surface area contributed by atoms with Crippen LogP contribution in [-0.4, -0.2) is 34.9 Å². The molecule has 5 rings (SSSR count). The number of fused-ring (bicyclic) bond motifs is 1. The maximum absolute atomic E-state index is 15.2. The van der Waals surface area contributed by atoms with Crippen molar-refractivity contribution in [2.75, 3.05) is 24.9 Å². The highest BCUT2D eigenvalue weighted by Crippen LogP contribution is 2.37. The highest BCUT2D eigenvalue weighted by molar-refractivity contribution is 6.07. The molecule has 0 radical (unpaired) electrons. The molecule has 0 bridgehead atoms. The Labute approximate surface area is 236 Å². The number of pyridine rings is 1. The Kier molecular flexibility index (Phi) is 7.73. The molecule has 210 valence electrons. The quantitative estimate of drug-likeness (QED) is 0.201. The number of ether oxygens (including phenoxy) is 3. The number of carbonyl (C=O) groups is 1. The van der Waals surface area contributed by atoms with Gasteiger partial charge in [0.25, 0.3) is 5.91 Å². The number of hydrogen-bond acceptors (Lipinski definition) is 7. The van der Waals surface area contributed by atoms with Crippen LogP contribution in [0.5, 0.6) is 23.0 Å². The summed E-state index contributed by atoms with van der Waals surface area (Å²) in [6.07, 6.45) is 3.18. The van der Waals surface area contributed by atoms with Gasteiger partial charge in [-0.25, -0.2) is 4.39 Å². The number of benzene rings is 3. The van der Waals surface area contributed by atoms with Gasteiger partial charge >= 0.3 is 0 Å². The fourth-order valence-electron chi connectivity index (χ4n) is 4.35. The molecular weight excluding hydrogens is 525 g/mol. The van der Waals surface area contributed by atoms with E-state index in [1.54, 1.807) is 50.8 Å². The number of aryl methyl sites for hydroxylation is 1. The number of methoxy groups -OCH3 is 2. The fourth-order valence-corrected chi connectivity index (χ4v) is 4.35. The Hall–Kier alpha value is -5.12. The Morgan fingerprint density at radius 1 is 0.902 bits per heavy atom. The van der Waals surface area contributed by atoms with Crippen molar-refractivity contribution < 1.29 is 23.4 Å². The van der Waals surface area contributed by atoms with Crippen molar-refractivity contribution in [2.45, 2.75) is 19.8 Å². The lowest BCUT2D eigenvalue weighted by Gasteiger charge is -2.13. The van der Waals surface area contributed by atoms with Gasteiger partial charge in [0.1, 0.15) is 11.3 Å². The van der Waals surface area contributed by atoms with Gasteiger partial charge in [-0.3, -0.25) is 14.5 Å². The number of carbonyl (C=O) groups excluding carboxylic acids is 1. The molecule has 2 heterocycles. The van der Waals surface area contributed by atoms with E-state index in [4.69, 9.17) is 14.2 Å². The molecule has 9 nitrogen and oxygen atoms in total. The summed E-state index contributed by atoms with van der Waals surface area (Å²) in [4.78, 5) is 17.4. The molecule has 3 aromatic carbocycles. The van der Waals surface area contributed by atoms with Crippen LogP contribution in [0.1, 0.15) is 35.7 Å². The van der Waals surface area contributed by atoms with Crippen molar-refractivity contribution in [3.05, 3.63) is 90.0 Å². The topological polar surface area (TPSA) is 99.5 Å². The molecule has 0 aliphatic heterocycles. The van der Waals surface area contributed by atoms with Gasteiger partial charge in [-0.2, -0.15) is 5.10 Å². The number of amides is 1. The number of nitrogens with zero attached hydrogens (tertiary/aromatic N) is 3. The largest absolute Gasteiger partial charge is 0.493 e. The number of halogens is 1. The number of rotatable bonds is 9. The Morgan fingerprint density at radius 3 is 2.29 bits per heavy atom. The first-order valence-corrected chi connectivity index (χ1v) is 13.0. The summed E-state index contributed by atoms with van der Waals surface area (Å²) in [5.74, 6) is 1.18. The lowest BCUT2D eigenvalue weighted by molar-refractivity contribution is 0.102. The molecule has 5 aromatic rings. The molecule has 2 N–H and O–H groups in total. The molecule has 0 saturated carbocycles. The number of aromatic nitrogens is 3. The number of nitrogens with one attached hydrogen (secondary N) is 2. The molecule has 0 atom stereocenters. The molecular formula is C31H30FN5O4. The zero-order valence-corrected chi connectivity index (χ0v) is 23.4. The van der Waals surface area contributed by atoms with Crippen molar-refractivity contribution in [1.82, 2.24) is 14.8 Å². The third-order valence-electron chi connectivity index (χ3n) is 6.53. The summed E-state index contributed by atoms with van der Waals surface area (Å²) < 4.78 is 33.4. The van der Waals surface area contributed by atoms with E-state index in [1.807, 2.05) is 24.3 Å². The van der Waals surface area contributed by atoms with Crippen molar-refractivity contribution in [1.29, 1.82) is 0 Å². The molecule has 0 saturated heterocycles. The standard InChI is InChI=1S/C31H30FN5O4/c1-18(2)19-6-8-20(9-7-19)35-31(38)23-17-37(3)36-30(23)34-21-10-11-27(24(32)14-21)41-26-12-13-33-25-16-29(40-5)28(39-4)15-22(25)26/h6-18H,1-5H3,(H,34,36)(H,35,38). The molecule has 1 amide bonds. The minimum absolute atomic E-state index is 0.0154. The monoisotopic (exact) mass is 555 g/mol. The van der Waals surface area contributed by atoms with Gasteiger partial charge in [0.15, 0.2) is 28.9 Å². The van der Waals surface area contributed by atoms with E-state index in [0.717, 1.165) is 0 Å². The van der Waals surface area contributed by atoms with Crippen LogP contribution in [0.4, 0.5) is 21.6 Å². The van der Waals surface area contributed by atoms with Gasteiger partial charge in [-0.15, -0.1) is 0 Å². The van der Waals surface area contributed by atoms with Crippen LogP contribution in [0, 0.1) is 5.82 Å². The van der Waals surface area contributed by atoms with Crippen molar-refractivity contribution in [3.8, 4) is 23.0 Å². The fraction of sp³-hybridized carbons (Fsp3) is 0.194. The van der Waals surface area contributed by atoms with E-state index in [9.17, 15) is 4.79 Å². The molecule has 0 aliphatic rings. The summed E-state index contributed by atoms with van der Waals surface area (Å²) in [7, 11) is 4.79. The van der Waals surface area contributed by atoms with Crippen LogP contribution < -0.4 is 24.8 Å². The molecule has 2 aromatic heterocycles. The van der Waals surface area contributed by atoms with E-state index in [0.29, 0.717) is 51.0 Å². The molecule has 10 heteroatoms. The van der Waals surface area contributed by atoms with Gasteiger partial charge in [0.05, 0.1) is 19.7 Å². The Morgan fingerprint density at radius 2 is 1.61 bits per heavy atom. The van der Waals surface area contributed by atoms with Crippen molar-refractivity contribution in [3.63, 3.8) is 0 Å². The highest BCUT2D eigenvalue weighted by Gasteiger charge is 2.18. The van der Waals surface area contributed by atoms with Gasteiger partial charge in [0.2, 0.25) is 0 Å². The van der Waals surface area contributed by atoms with E-state index in [-0.39, 0.29) is 17.5 Å². The van der Waals surface area contributed by atoms with Crippen LogP contribution in [0.15, 0.2) is 73.1 Å². The summed E-state index contributed by atoms with van der Waals surface area (Å²) in [5.41, 5.74) is 3.17. The number of anilines is 3. The first kappa shape index (κ1) is 27.4. The predicted octanol–water partition coefficient (Wildman–Crippen LogP) is 7.04. The minimum Gasteiger partial charge on any atom is -0.493 e. The third kappa shape index (κ3) is 5.91. The Bertz CT molecular complexity index is 1720. The van der Waals surface area contributed by atoms with Crippen LogP contribution in [0.25, 0.3) is 10.9 Å². The SMILES string of the molecule is COc1cc2nccc(Oc3ccc(Nc4nn(C)cc4C(=O)Nc4ccc(C(C)C)cc4)cc3F)c2cc1OC. The van der Waals surface area contributed by atoms with E-state index < -0.39 is 5.82 Å². The van der Waals surface area contributed by atoms with E-state index >= 15 is 4.39 Å². The zero-order chi connectivity index (χ0) is 29.1. The molecule has 41 heavy (non-hydrogen) atoms. The van der Waals surface area contributed by atoms with Crippen LogP contribution >= 0.6 is 0 Å². The Balaban J connectivity index is 1.35. The summed E-state index contributed by atoms with van der Waals surface area (Å²) >= 11 is 0. The van der Waals surface area contributed by atoms with Gasteiger partial charge in [0, 0.05) is 48.3 Å². The molecule has 0 spiro atoms. The maximum Gasteiger partial charge on any atom is 0.261 e. The second-order valence-corrected chi connectivity index (χ2v) is 9.70. The average Bonchev–Trinajstić information content (AvgIpc) is 3.33. The van der Waals surface area contributed by atoms with Gasteiger partial charge in [-0.05, 0) is 47.9 Å². The van der Waals surface area contributed by atoms with Crippen molar-refractivity contribution in [2.24, 2.45) is 7.05 Å². The number of hydrogen-bond donors (Lipinski definition) is 2. The zero-order valence-electron chi connectivity index (χ0n) is 23.4. The van der Waals surface area contributed by atoms with Crippen LogP contribution in [-0.2, 0) is 7.05 Å².